The lowest BCUT2D eigenvalue weighted by molar-refractivity contribution is -0.111. The van der Waals surface area contributed by atoms with Crippen LogP contribution < -0.4 is 5.32 Å². The minimum Gasteiger partial charge on any atom is -0.320 e. The molecule has 0 spiro atoms. The Hall–Kier alpha value is -2.99. The zero-order chi connectivity index (χ0) is 16.1. The molecule has 0 saturated carbocycles. The van der Waals surface area contributed by atoms with Gasteiger partial charge >= 0.3 is 0 Å². The Morgan fingerprint density at radius 3 is 2.70 bits per heavy atom. The van der Waals surface area contributed by atoms with Crippen LogP contribution >= 0.6 is 11.6 Å². The van der Waals surface area contributed by atoms with Gasteiger partial charge in [0.25, 0.3) is 0 Å². The number of carbonyl (C=O) groups excluding carboxylic acids is 1. The number of hydrogen-bond acceptors (Lipinski definition) is 4. The molecule has 1 N–H and O–H groups in total. The number of rotatable bonds is 4. The first-order valence-corrected chi connectivity index (χ1v) is 7.14. The van der Waals surface area contributed by atoms with Gasteiger partial charge in [-0.2, -0.15) is 0 Å². The molecular formula is C16H12ClN5O. The molecule has 0 saturated heterocycles. The SMILES string of the molecule is O=C(/C=C/c1ccccc1Cl)Nc1cnc(-n2ccnc2)nc1. The second-order valence-corrected chi connectivity index (χ2v) is 4.99. The Morgan fingerprint density at radius 1 is 1.22 bits per heavy atom. The smallest absolute Gasteiger partial charge is 0.248 e. The molecule has 0 unspecified atom stereocenters. The summed E-state index contributed by atoms with van der Waals surface area (Å²) in [5.41, 5.74) is 1.28. The zero-order valence-corrected chi connectivity index (χ0v) is 12.7. The largest absolute Gasteiger partial charge is 0.320 e. The molecule has 0 aliphatic rings. The van der Waals surface area contributed by atoms with Crippen LogP contribution in [-0.2, 0) is 4.79 Å². The summed E-state index contributed by atoms with van der Waals surface area (Å²) in [6.07, 6.45) is 11.1. The van der Waals surface area contributed by atoms with Crippen molar-refractivity contribution in [3.63, 3.8) is 0 Å². The number of hydrogen-bond donors (Lipinski definition) is 1. The van der Waals surface area contributed by atoms with Gasteiger partial charge in [0.2, 0.25) is 11.9 Å². The van der Waals surface area contributed by atoms with E-state index in [-0.39, 0.29) is 5.91 Å². The molecule has 23 heavy (non-hydrogen) atoms. The standard InChI is InChI=1S/C16H12ClN5O/c17-14-4-2-1-3-12(14)5-6-15(23)21-13-9-19-16(20-10-13)22-8-7-18-11-22/h1-11H,(H,21,23)/b6-5+. The van der Waals surface area contributed by atoms with Crippen molar-refractivity contribution in [3.8, 4) is 5.95 Å². The molecule has 6 nitrogen and oxygen atoms in total. The Morgan fingerprint density at radius 2 is 2.00 bits per heavy atom. The fourth-order valence-corrected chi connectivity index (χ4v) is 2.05. The van der Waals surface area contributed by atoms with E-state index in [0.29, 0.717) is 16.7 Å². The van der Waals surface area contributed by atoms with E-state index in [1.54, 1.807) is 35.4 Å². The summed E-state index contributed by atoms with van der Waals surface area (Å²) in [6.45, 7) is 0. The molecule has 114 valence electrons. The van der Waals surface area contributed by atoms with E-state index in [4.69, 9.17) is 11.6 Å². The summed E-state index contributed by atoms with van der Waals surface area (Å²) in [5.74, 6) is 0.191. The number of carbonyl (C=O) groups is 1. The number of imidazole rings is 1. The van der Waals surface area contributed by atoms with E-state index in [0.717, 1.165) is 5.56 Å². The maximum atomic E-state index is 11.9. The van der Waals surface area contributed by atoms with Crippen molar-refractivity contribution in [1.82, 2.24) is 19.5 Å². The average Bonchev–Trinajstić information content (AvgIpc) is 3.09. The maximum absolute atomic E-state index is 11.9. The molecule has 0 aliphatic carbocycles. The third-order valence-electron chi connectivity index (χ3n) is 2.96. The monoisotopic (exact) mass is 325 g/mol. The van der Waals surface area contributed by atoms with Crippen LogP contribution in [0.15, 0.2) is 61.5 Å². The predicted octanol–water partition coefficient (Wildman–Crippen LogP) is 2.97. The summed E-state index contributed by atoms with van der Waals surface area (Å²) in [4.78, 5) is 24.1. The molecule has 0 atom stereocenters. The Labute approximate surface area is 137 Å². The van der Waals surface area contributed by atoms with Gasteiger partial charge < -0.3 is 5.32 Å². The van der Waals surface area contributed by atoms with Gasteiger partial charge in [-0.25, -0.2) is 15.0 Å². The van der Waals surface area contributed by atoms with E-state index >= 15 is 0 Å². The van der Waals surface area contributed by atoms with Crippen molar-refractivity contribution < 1.29 is 4.79 Å². The second-order valence-electron chi connectivity index (χ2n) is 4.59. The number of benzene rings is 1. The topological polar surface area (TPSA) is 72.7 Å². The molecule has 0 aliphatic heterocycles. The molecule has 1 amide bonds. The van der Waals surface area contributed by atoms with Gasteiger partial charge in [-0.05, 0) is 17.7 Å². The van der Waals surface area contributed by atoms with Crippen LogP contribution in [0.3, 0.4) is 0 Å². The summed E-state index contributed by atoms with van der Waals surface area (Å²) >= 11 is 6.02. The maximum Gasteiger partial charge on any atom is 0.248 e. The normalized spacial score (nSPS) is 10.8. The Balaban J connectivity index is 1.65. The Kier molecular flexibility index (Phi) is 4.44. The lowest BCUT2D eigenvalue weighted by atomic mass is 10.2. The molecular weight excluding hydrogens is 314 g/mol. The van der Waals surface area contributed by atoms with Crippen LogP contribution in [0.25, 0.3) is 12.0 Å². The number of aromatic nitrogens is 4. The van der Waals surface area contributed by atoms with Gasteiger partial charge in [0.05, 0.1) is 18.1 Å². The van der Waals surface area contributed by atoms with Gasteiger partial charge in [0.15, 0.2) is 0 Å². The van der Waals surface area contributed by atoms with Gasteiger partial charge in [-0.1, -0.05) is 29.8 Å². The van der Waals surface area contributed by atoms with E-state index in [9.17, 15) is 4.79 Å². The van der Waals surface area contributed by atoms with E-state index < -0.39 is 0 Å². The minimum atomic E-state index is -0.288. The van der Waals surface area contributed by atoms with Crippen LogP contribution in [-0.4, -0.2) is 25.4 Å². The molecule has 2 heterocycles. The average molecular weight is 326 g/mol. The third-order valence-corrected chi connectivity index (χ3v) is 3.30. The number of amides is 1. The van der Waals surface area contributed by atoms with Crippen LogP contribution in [0.1, 0.15) is 5.56 Å². The number of halogens is 1. The van der Waals surface area contributed by atoms with Crippen molar-refractivity contribution in [3.05, 3.63) is 72.0 Å². The fraction of sp³-hybridized carbons (Fsp3) is 0. The highest BCUT2D eigenvalue weighted by molar-refractivity contribution is 6.32. The quantitative estimate of drug-likeness (QED) is 0.748. The summed E-state index contributed by atoms with van der Waals surface area (Å²) in [7, 11) is 0. The molecule has 3 aromatic rings. The van der Waals surface area contributed by atoms with E-state index in [1.807, 2.05) is 18.2 Å². The second kappa shape index (κ2) is 6.85. The van der Waals surface area contributed by atoms with Crippen LogP contribution in [0.4, 0.5) is 5.69 Å². The molecule has 0 radical (unpaired) electrons. The number of anilines is 1. The lowest BCUT2D eigenvalue weighted by Crippen LogP contribution is -2.09. The highest BCUT2D eigenvalue weighted by Crippen LogP contribution is 2.16. The number of nitrogens with one attached hydrogen (secondary N) is 1. The van der Waals surface area contributed by atoms with Crippen LogP contribution in [0.5, 0.6) is 0 Å². The van der Waals surface area contributed by atoms with Gasteiger partial charge in [-0.15, -0.1) is 0 Å². The summed E-state index contributed by atoms with van der Waals surface area (Å²) < 4.78 is 1.67. The van der Waals surface area contributed by atoms with Gasteiger partial charge in [0.1, 0.15) is 6.33 Å². The van der Waals surface area contributed by atoms with E-state index in [1.165, 1.54) is 18.5 Å². The van der Waals surface area contributed by atoms with Crippen LogP contribution in [0.2, 0.25) is 5.02 Å². The highest BCUT2D eigenvalue weighted by Gasteiger charge is 2.02. The summed E-state index contributed by atoms with van der Waals surface area (Å²) in [5, 5.41) is 3.27. The zero-order valence-electron chi connectivity index (χ0n) is 11.9. The lowest BCUT2D eigenvalue weighted by Gasteiger charge is -2.03. The molecule has 2 aromatic heterocycles. The van der Waals surface area contributed by atoms with Crippen LogP contribution in [0, 0.1) is 0 Å². The van der Waals surface area contributed by atoms with Gasteiger partial charge in [0, 0.05) is 23.5 Å². The number of nitrogens with zero attached hydrogens (tertiary/aromatic N) is 4. The van der Waals surface area contributed by atoms with Crippen molar-refractivity contribution in [2.24, 2.45) is 0 Å². The highest BCUT2D eigenvalue weighted by atomic mass is 35.5. The first kappa shape index (κ1) is 14.9. The van der Waals surface area contributed by atoms with E-state index in [2.05, 4.69) is 20.3 Å². The molecule has 0 fully saturated rings. The first-order valence-electron chi connectivity index (χ1n) is 6.76. The predicted molar refractivity (Wildman–Crippen MR) is 88.3 cm³/mol. The third kappa shape index (κ3) is 3.81. The summed E-state index contributed by atoms with van der Waals surface area (Å²) in [6, 6.07) is 7.28. The Bertz CT molecular complexity index is 828. The molecule has 1 aromatic carbocycles. The molecule has 3 rings (SSSR count). The molecule has 0 bridgehead atoms. The first-order chi connectivity index (χ1) is 11.2. The minimum absolute atomic E-state index is 0.288. The van der Waals surface area contributed by atoms with Crippen molar-refractivity contribution in [2.75, 3.05) is 5.32 Å². The van der Waals surface area contributed by atoms with Crippen molar-refractivity contribution in [2.45, 2.75) is 0 Å². The molecule has 7 heteroatoms. The van der Waals surface area contributed by atoms with Gasteiger partial charge in [-0.3, -0.25) is 9.36 Å². The fourth-order valence-electron chi connectivity index (χ4n) is 1.86. The van der Waals surface area contributed by atoms with Crippen molar-refractivity contribution >= 4 is 29.3 Å². The van der Waals surface area contributed by atoms with Crippen molar-refractivity contribution in [1.29, 1.82) is 0 Å².